The first-order valence-electron chi connectivity index (χ1n) is 5.91. The third kappa shape index (κ3) is 2.10. The number of ether oxygens (including phenoxy) is 2. The number of hydrogen-bond acceptors (Lipinski definition) is 4. The van der Waals surface area contributed by atoms with Crippen LogP contribution in [0.4, 0.5) is 0 Å². The highest BCUT2D eigenvalue weighted by Crippen LogP contribution is 2.23. The van der Waals surface area contributed by atoms with E-state index in [0.717, 1.165) is 17.1 Å². The van der Waals surface area contributed by atoms with Gasteiger partial charge in [0, 0.05) is 6.07 Å². The number of fused-ring (bicyclic) bond motifs is 1. The fraction of sp³-hybridized carbons (Fsp3) is 0.143. The summed E-state index contributed by atoms with van der Waals surface area (Å²) in [7, 11) is 1.60. The van der Waals surface area contributed by atoms with E-state index in [9.17, 15) is 0 Å². The second-order valence-corrected chi connectivity index (χ2v) is 4.06. The van der Waals surface area contributed by atoms with Crippen molar-refractivity contribution in [2.45, 2.75) is 6.92 Å². The SMILES string of the molecule is COc1c(C)nc2ccc(Oc3ccccc3)nn12. The number of benzene rings is 1. The van der Waals surface area contributed by atoms with Gasteiger partial charge >= 0.3 is 0 Å². The fourth-order valence-corrected chi connectivity index (χ4v) is 1.90. The Morgan fingerprint density at radius 1 is 1.05 bits per heavy atom. The molecule has 3 aromatic rings. The summed E-state index contributed by atoms with van der Waals surface area (Å²) >= 11 is 0. The van der Waals surface area contributed by atoms with Gasteiger partial charge in [-0.2, -0.15) is 4.52 Å². The maximum Gasteiger partial charge on any atom is 0.238 e. The smallest absolute Gasteiger partial charge is 0.238 e. The van der Waals surface area contributed by atoms with E-state index in [1.165, 1.54) is 0 Å². The highest BCUT2D eigenvalue weighted by molar-refractivity contribution is 5.45. The summed E-state index contributed by atoms with van der Waals surface area (Å²) < 4.78 is 12.6. The van der Waals surface area contributed by atoms with E-state index in [4.69, 9.17) is 9.47 Å². The van der Waals surface area contributed by atoms with Crippen LogP contribution < -0.4 is 9.47 Å². The van der Waals surface area contributed by atoms with Crippen molar-refractivity contribution < 1.29 is 9.47 Å². The van der Waals surface area contributed by atoms with E-state index < -0.39 is 0 Å². The molecule has 2 aromatic heterocycles. The van der Waals surface area contributed by atoms with E-state index in [1.807, 2.05) is 43.3 Å². The van der Waals surface area contributed by atoms with Gasteiger partial charge in [0.05, 0.1) is 7.11 Å². The van der Waals surface area contributed by atoms with E-state index in [-0.39, 0.29) is 0 Å². The molecule has 0 bridgehead atoms. The first-order valence-corrected chi connectivity index (χ1v) is 5.91. The number of rotatable bonds is 3. The number of methoxy groups -OCH3 is 1. The molecule has 0 spiro atoms. The number of hydrogen-bond donors (Lipinski definition) is 0. The summed E-state index contributed by atoms with van der Waals surface area (Å²) in [6, 6.07) is 13.1. The van der Waals surface area contributed by atoms with Crippen LogP contribution in [0.1, 0.15) is 5.69 Å². The van der Waals surface area contributed by atoms with Crippen LogP contribution in [0.25, 0.3) is 5.65 Å². The third-order valence-electron chi connectivity index (χ3n) is 2.73. The molecule has 5 nitrogen and oxygen atoms in total. The van der Waals surface area contributed by atoms with Crippen molar-refractivity contribution in [3.8, 4) is 17.5 Å². The summed E-state index contributed by atoms with van der Waals surface area (Å²) in [4.78, 5) is 4.35. The molecule has 5 heteroatoms. The number of imidazole rings is 1. The number of para-hydroxylation sites is 1. The van der Waals surface area contributed by atoms with E-state index >= 15 is 0 Å². The van der Waals surface area contributed by atoms with Gasteiger partial charge in [0.1, 0.15) is 11.4 Å². The van der Waals surface area contributed by atoms with Gasteiger partial charge in [-0.3, -0.25) is 0 Å². The highest BCUT2D eigenvalue weighted by Gasteiger charge is 2.11. The molecule has 0 saturated carbocycles. The Morgan fingerprint density at radius 3 is 2.58 bits per heavy atom. The summed E-state index contributed by atoms with van der Waals surface area (Å²) in [5.41, 5.74) is 1.53. The molecule has 0 radical (unpaired) electrons. The summed E-state index contributed by atoms with van der Waals surface area (Å²) in [5.74, 6) is 1.85. The van der Waals surface area contributed by atoms with Gasteiger partial charge in [-0.1, -0.05) is 18.2 Å². The minimum atomic E-state index is 0.495. The molecule has 0 saturated heterocycles. The molecular formula is C14H13N3O2. The first kappa shape index (κ1) is 11.5. The quantitative estimate of drug-likeness (QED) is 0.722. The van der Waals surface area contributed by atoms with Crippen molar-refractivity contribution in [2.24, 2.45) is 0 Å². The molecule has 0 atom stereocenters. The Hall–Kier alpha value is -2.56. The largest absolute Gasteiger partial charge is 0.480 e. The Morgan fingerprint density at radius 2 is 1.84 bits per heavy atom. The second kappa shape index (κ2) is 4.61. The lowest BCUT2D eigenvalue weighted by molar-refractivity contribution is 0.377. The molecule has 96 valence electrons. The van der Waals surface area contributed by atoms with Gasteiger partial charge in [-0.25, -0.2) is 4.98 Å². The topological polar surface area (TPSA) is 48.7 Å². The van der Waals surface area contributed by atoms with Crippen LogP contribution in [0.5, 0.6) is 17.5 Å². The molecule has 1 aromatic carbocycles. The molecule has 0 fully saturated rings. The minimum Gasteiger partial charge on any atom is -0.480 e. The summed E-state index contributed by atoms with van der Waals surface area (Å²) in [6.45, 7) is 1.88. The maximum atomic E-state index is 5.68. The normalized spacial score (nSPS) is 10.6. The fourth-order valence-electron chi connectivity index (χ4n) is 1.90. The number of aryl methyl sites for hydroxylation is 1. The lowest BCUT2D eigenvalue weighted by atomic mass is 10.3. The molecule has 0 amide bonds. The Labute approximate surface area is 110 Å². The van der Waals surface area contributed by atoms with E-state index in [0.29, 0.717) is 11.8 Å². The number of nitrogens with zero attached hydrogens (tertiary/aromatic N) is 3. The Bertz CT molecular complexity index is 707. The van der Waals surface area contributed by atoms with Crippen molar-refractivity contribution in [1.29, 1.82) is 0 Å². The average molecular weight is 255 g/mol. The zero-order valence-electron chi connectivity index (χ0n) is 10.7. The summed E-state index contributed by atoms with van der Waals surface area (Å²) in [5, 5.41) is 4.37. The van der Waals surface area contributed by atoms with Crippen LogP contribution in [0, 0.1) is 6.92 Å². The predicted molar refractivity (Wildman–Crippen MR) is 70.8 cm³/mol. The lowest BCUT2D eigenvalue weighted by Gasteiger charge is -2.05. The summed E-state index contributed by atoms with van der Waals surface area (Å²) in [6.07, 6.45) is 0. The first-order chi connectivity index (χ1) is 9.28. The van der Waals surface area contributed by atoms with Crippen LogP contribution in [-0.4, -0.2) is 21.7 Å². The molecule has 0 N–H and O–H groups in total. The molecule has 3 rings (SSSR count). The van der Waals surface area contributed by atoms with Gasteiger partial charge in [0.25, 0.3) is 0 Å². The highest BCUT2D eigenvalue weighted by atomic mass is 16.5. The molecular weight excluding hydrogens is 242 g/mol. The van der Waals surface area contributed by atoms with E-state index in [2.05, 4.69) is 10.1 Å². The molecule has 0 aliphatic heterocycles. The van der Waals surface area contributed by atoms with Crippen molar-refractivity contribution in [2.75, 3.05) is 7.11 Å². The lowest BCUT2D eigenvalue weighted by Crippen LogP contribution is -1.98. The monoisotopic (exact) mass is 255 g/mol. The van der Waals surface area contributed by atoms with Crippen LogP contribution in [0.2, 0.25) is 0 Å². The van der Waals surface area contributed by atoms with Gasteiger partial charge in [0.2, 0.25) is 11.8 Å². The second-order valence-electron chi connectivity index (χ2n) is 4.06. The zero-order chi connectivity index (χ0) is 13.2. The molecule has 0 unspecified atom stereocenters. The number of aromatic nitrogens is 3. The Kier molecular flexibility index (Phi) is 2.79. The molecule has 19 heavy (non-hydrogen) atoms. The standard InChI is InChI=1S/C14H13N3O2/c1-10-14(18-2)17-12(15-10)8-9-13(16-17)19-11-6-4-3-5-7-11/h3-9H,1-2H3. The van der Waals surface area contributed by atoms with E-state index in [1.54, 1.807) is 17.7 Å². The van der Waals surface area contributed by atoms with Crippen LogP contribution in [0.3, 0.4) is 0 Å². The molecule has 2 heterocycles. The maximum absolute atomic E-state index is 5.68. The minimum absolute atomic E-state index is 0.495. The van der Waals surface area contributed by atoms with Crippen molar-refractivity contribution >= 4 is 5.65 Å². The molecule has 0 aliphatic carbocycles. The van der Waals surface area contributed by atoms with Gasteiger partial charge in [0.15, 0.2) is 5.65 Å². The van der Waals surface area contributed by atoms with Crippen LogP contribution >= 0.6 is 0 Å². The average Bonchev–Trinajstić information content (AvgIpc) is 2.74. The van der Waals surface area contributed by atoms with Gasteiger partial charge in [-0.05, 0) is 25.1 Å². The molecule has 0 aliphatic rings. The van der Waals surface area contributed by atoms with Crippen molar-refractivity contribution in [3.05, 3.63) is 48.2 Å². The van der Waals surface area contributed by atoms with Crippen molar-refractivity contribution in [3.63, 3.8) is 0 Å². The van der Waals surface area contributed by atoms with Gasteiger partial charge < -0.3 is 9.47 Å². The zero-order valence-corrected chi connectivity index (χ0v) is 10.7. The predicted octanol–water partition coefficient (Wildman–Crippen LogP) is 2.84. The van der Waals surface area contributed by atoms with Crippen molar-refractivity contribution in [1.82, 2.24) is 14.6 Å². The third-order valence-corrected chi connectivity index (χ3v) is 2.73. The van der Waals surface area contributed by atoms with Crippen LogP contribution in [-0.2, 0) is 0 Å². The van der Waals surface area contributed by atoms with Crippen LogP contribution in [0.15, 0.2) is 42.5 Å². The Balaban J connectivity index is 2.01. The van der Waals surface area contributed by atoms with Gasteiger partial charge in [-0.15, -0.1) is 5.10 Å².